The molecule has 0 aliphatic rings. The Labute approximate surface area is 132 Å². The van der Waals surface area contributed by atoms with Gasteiger partial charge in [0, 0.05) is 6.42 Å². The first-order chi connectivity index (χ1) is 11.0. The van der Waals surface area contributed by atoms with Gasteiger partial charge >= 0.3 is 5.97 Å². The minimum atomic E-state index is -1.21. The number of nitriles is 1. The monoisotopic (exact) mass is 312 g/mol. The number of halogens is 1. The van der Waals surface area contributed by atoms with E-state index in [0.717, 1.165) is 11.6 Å². The zero-order chi connectivity index (χ0) is 16.8. The molecule has 1 atom stereocenters. The Hall–Kier alpha value is -3.20. The van der Waals surface area contributed by atoms with Crippen molar-refractivity contribution in [1.29, 1.82) is 5.26 Å². The number of hydrogen-bond donors (Lipinski definition) is 1. The van der Waals surface area contributed by atoms with Crippen LogP contribution in [0.1, 0.15) is 21.5 Å². The molecule has 1 amide bonds. The summed E-state index contributed by atoms with van der Waals surface area (Å²) >= 11 is 0. The van der Waals surface area contributed by atoms with Crippen LogP contribution < -0.4 is 5.73 Å². The maximum absolute atomic E-state index is 13.5. The van der Waals surface area contributed by atoms with Gasteiger partial charge in [-0.25, -0.2) is 9.18 Å². The third-order valence-corrected chi connectivity index (χ3v) is 3.18. The SMILES string of the molecule is N#Cc1c(F)cccc1C(=O)OC(Cc1ccccc1)C(N)=O. The lowest BCUT2D eigenvalue weighted by Gasteiger charge is -2.15. The van der Waals surface area contributed by atoms with E-state index in [2.05, 4.69) is 0 Å². The van der Waals surface area contributed by atoms with E-state index in [1.165, 1.54) is 12.1 Å². The van der Waals surface area contributed by atoms with Crippen LogP contribution in [0, 0.1) is 17.1 Å². The Morgan fingerprint density at radius 1 is 1.17 bits per heavy atom. The molecule has 5 nitrogen and oxygen atoms in total. The second-order valence-corrected chi connectivity index (χ2v) is 4.76. The fourth-order valence-electron chi connectivity index (χ4n) is 2.03. The van der Waals surface area contributed by atoms with Gasteiger partial charge in [0.2, 0.25) is 0 Å². The van der Waals surface area contributed by atoms with Gasteiger partial charge in [-0.2, -0.15) is 5.26 Å². The van der Waals surface area contributed by atoms with Gasteiger partial charge in [0.15, 0.2) is 6.10 Å². The number of nitrogens with zero attached hydrogens (tertiary/aromatic N) is 1. The Morgan fingerprint density at radius 3 is 2.48 bits per heavy atom. The van der Waals surface area contributed by atoms with Crippen LogP contribution in [0.15, 0.2) is 48.5 Å². The number of nitrogens with two attached hydrogens (primary N) is 1. The second-order valence-electron chi connectivity index (χ2n) is 4.76. The lowest BCUT2D eigenvalue weighted by molar-refractivity contribution is -0.126. The summed E-state index contributed by atoms with van der Waals surface area (Å²) in [6.07, 6.45) is -1.11. The number of ether oxygens (including phenoxy) is 1. The van der Waals surface area contributed by atoms with E-state index in [9.17, 15) is 14.0 Å². The third kappa shape index (κ3) is 3.92. The summed E-state index contributed by atoms with van der Waals surface area (Å²) < 4.78 is 18.6. The van der Waals surface area contributed by atoms with Crippen LogP contribution in [0.2, 0.25) is 0 Å². The molecule has 2 aromatic rings. The summed E-state index contributed by atoms with van der Waals surface area (Å²) in [6.45, 7) is 0. The van der Waals surface area contributed by atoms with Crippen molar-refractivity contribution in [2.45, 2.75) is 12.5 Å². The van der Waals surface area contributed by atoms with Gasteiger partial charge in [0.25, 0.3) is 5.91 Å². The molecular weight excluding hydrogens is 299 g/mol. The number of amides is 1. The Balaban J connectivity index is 2.21. The number of primary amides is 1. The van der Waals surface area contributed by atoms with Crippen molar-refractivity contribution in [3.63, 3.8) is 0 Å². The van der Waals surface area contributed by atoms with E-state index < -0.39 is 29.4 Å². The zero-order valence-corrected chi connectivity index (χ0v) is 12.0. The van der Waals surface area contributed by atoms with Crippen LogP contribution in [-0.4, -0.2) is 18.0 Å². The van der Waals surface area contributed by atoms with Gasteiger partial charge in [-0.05, 0) is 17.7 Å². The highest BCUT2D eigenvalue weighted by Gasteiger charge is 2.24. The van der Waals surface area contributed by atoms with E-state index in [1.807, 2.05) is 0 Å². The van der Waals surface area contributed by atoms with Gasteiger partial charge in [-0.1, -0.05) is 36.4 Å². The third-order valence-electron chi connectivity index (χ3n) is 3.18. The smallest absolute Gasteiger partial charge is 0.340 e. The van der Waals surface area contributed by atoms with Crippen LogP contribution >= 0.6 is 0 Å². The van der Waals surface area contributed by atoms with E-state index in [1.54, 1.807) is 36.4 Å². The summed E-state index contributed by atoms with van der Waals surface area (Å²) in [5, 5.41) is 8.94. The van der Waals surface area contributed by atoms with Gasteiger partial charge in [0.1, 0.15) is 17.4 Å². The van der Waals surface area contributed by atoms with Crippen molar-refractivity contribution in [2.75, 3.05) is 0 Å². The Morgan fingerprint density at radius 2 is 1.87 bits per heavy atom. The minimum Gasteiger partial charge on any atom is -0.448 e. The zero-order valence-electron chi connectivity index (χ0n) is 12.0. The number of benzene rings is 2. The van der Waals surface area contributed by atoms with Crippen molar-refractivity contribution in [2.24, 2.45) is 5.73 Å². The Kier molecular flexibility index (Phi) is 5.05. The van der Waals surface area contributed by atoms with Gasteiger partial charge in [-0.3, -0.25) is 4.79 Å². The molecule has 2 aromatic carbocycles. The number of esters is 1. The van der Waals surface area contributed by atoms with E-state index in [4.69, 9.17) is 15.7 Å². The van der Waals surface area contributed by atoms with Crippen molar-refractivity contribution < 1.29 is 18.7 Å². The van der Waals surface area contributed by atoms with Crippen molar-refractivity contribution >= 4 is 11.9 Å². The number of carbonyl (C=O) groups is 2. The summed E-state index contributed by atoms with van der Waals surface area (Å²) in [4.78, 5) is 23.6. The lowest BCUT2D eigenvalue weighted by Crippen LogP contribution is -2.35. The maximum atomic E-state index is 13.5. The molecule has 0 fully saturated rings. The predicted molar refractivity (Wildman–Crippen MR) is 79.7 cm³/mol. The fourth-order valence-corrected chi connectivity index (χ4v) is 2.03. The molecule has 0 saturated carbocycles. The van der Waals surface area contributed by atoms with Crippen molar-refractivity contribution in [1.82, 2.24) is 0 Å². The van der Waals surface area contributed by atoms with Crippen LogP contribution in [0.3, 0.4) is 0 Å². The highest BCUT2D eigenvalue weighted by molar-refractivity contribution is 5.94. The molecule has 0 aliphatic heterocycles. The summed E-state index contributed by atoms with van der Waals surface area (Å²) in [7, 11) is 0. The summed E-state index contributed by atoms with van der Waals surface area (Å²) in [5.74, 6) is -2.63. The Bertz CT molecular complexity index is 769. The van der Waals surface area contributed by atoms with E-state index in [-0.39, 0.29) is 12.0 Å². The van der Waals surface area contributed by atoms with Crippen LogP contribution in [-0.2, 0) is 16.0 Å². The van der Waals surface area contributed by atoms with Crippen molar-refractivity contribution in [3.8, 4) is 6.07 Å². The molecule has 0 saturated heterocycles. The molecule has 23 heavy (non-hydrogen) atoms. The molecule has 1 unspecified atom stereocenters. The van der Waals surface area contributed by atoms with E-state index in [0.29, 0.717) is 0 Å². The average Bonchev–Trinajstić information content (AvgIpc) is 2.54. The molecule has 6 heteroatoms. The largest absolute Gasteiger partial charge is 0.448 e. The van der Waals surface area contributed by atoms with E-state index >= 15 is 0 Å². The molecule has 0 aliphatic carbocycles. The van der Waals surface area contributed by atoms with Crippen LogP contribution in [0.25, 0.3) is 0 Å². The molecule has 0 aromatic heterocycles. The summed E-state index contributed by atoms with van der Waals surface area (Å²) in [6, 6.07) is 14.1. The maximum Gasteiger partial charge on any atom is 0.340 e. The first-order valence-electron chi connectivity index (χ1n) is 6.75. The van der Waals surface area contributed by atoms with Gasteiger partial charge in [0.05, 0.1) is 5.56 Å². The first kappa shape index (κ1) is 16.2. The average molecular weight is 312 g/mol. The quantitative estimate of drug-likeness (QED) is 0.854. The minimum absolute atomic E-state index is 0.0963. The molecule has 116 valence electrons. The van der Waals surface area contributed by atoms with Crippen LogP contribution in [0.4, 0.5) is 4.39 Å². The van der Waals surface area contributed by atoms with Crippen LogP contribution in [0.5, 0.6) is 0 Å². The normalized spacial score (nSPS) is 11.3. The van der Waals surface area contributed by atoms with Gasteiger partial charge in [-0.15, -0.1) is 0 Å². The molecule has 2 rings (SSSR count). The molecule has 2 N–H and O–H groups in total. The molecule has 0 radical (unpaired) electrons. The predicted octanol–water partition coefficient (Wildman–Crippen LogP) is 1.95. The topological polar surface area (TPSA) is 93.2 Å². The number of carbonyl (C=O) groups excluding carboxylic acids is 2. The lowest BCUT2D eigenvalue weighted by atomic mass is 10.1. The standard InChI is InChI=1S/C17H13FN2O3/c18-14-8-4-7-12(13(14)10-19)17(22)23-15(16(20)21)9-11-5-2-1-3-6-11/h1-8,15H,9H2,(H2,20,21). The highest BCUT2D eigenvalue weighted by Crippen LogP contribution is 2.15. The number of rotatable bonds is 5. The number of hydrogen-bond acceptors (Lipinski definition) is 4. The molecule has 0 heterocycles. The first-order valence-corrected chi connectivity index (χ1v) is 6.75. The molecular formula is C17H13FN2O3. The molecule has 0 spiro atoms. The fraction of sp³-hybridized carbons (Fsp3) is 0.118. The summed E-state index contributed by atoms with van der Waals surface area (Å²) in [5.41, 5.74) is 5.34. The van der Waals surface area contributed by atoms with Crippen molar-refractivity contribution in [3.05, 3.63) is 71.0 Å². The molecule has 0 bridgehead atoms. The second kappa shape index (κ2) is 7.18. The van der Waals surface area contributed by atoms with Gasteiger partial charge < -0.3 is 10.5 Å². The highest BCUT2D eigenvalue weighted by atomic mass is 19.1.